The summed E-state index contributed by atoms with van der Waals surface area (Å²) in [4.78, 5) is 5.13. The molecule has 0 bridgehead atoms. The van der Waals surface area contributed by atoms with Crippen molar-refractivity contribution in [1.29, 1.82) is 0 Å². The van der Waals surface area contributed by atoms with Crippen molar-refractivity contribution in [1.82, 2.24) is 20.0 Å². The third-order valence-electron chi connectivity index (χ3n) is 2.49. The van der Waals surface area contributed by atoms with E-state index in [2.05, 4.69) is 20.0 Å². The maximum absolute atomic E-state index is 5.62. The number of aromatic nitrogens is 3. The largest absolute Gasteiger partial charge is 0.492 e. The Hall–Kier alpha value is -1.57. The van der Waals surface area contributed by atoms with Crippen molar-refractivity contribution in [3.8, 4) is 5.75 Å². The topological polar surface area (TPSA) is 86.0 Å². The Morgan fingerprint density at radius 2 is 2.33 bits per heavy atom. The van der Waals surface area contributed by atoms with Crippen LogP contribution in [0.5, 0.6) is 5.75 Å². The normalized spacial score (nSPS) is 12.4. The standard InChI is InChI=1S/C11H15N5OS/c1-3-17-9-4-8(5-13-6-9)10(14-12)11-7(2)15-16-18-11/h4-6,10,14H,3,12H2,1-2H3. The second kappa shape index (κ2) is 5.85. The van der Waals surface area contributed by atoms with E-state index in [4.69, 9.17) is 10.6 Å². The number of hydrazine groups is 1. The molecule has 0 aromatic carbocycles. The Kier molecular flexibility index (Phi) is 4.19. The van der Waals surface area contributed by atoms with Gasteiger partial charge in [0.2, 0.25) is 0 Å². The predicted molar refractivity (Wildman–Crippen MR) is 69.2 cm³/mol. The minimum atomic E-state index is -0.169. The molecule has 0 saturated carbocycles. The number of rotatable bonds is 5. The Morgan fingerprint density at radius 1 is 1.50 bits per heavy atom. The minimum absolute atomic E-state index is 0.169. The molecule has 2 rings (SSSR count). The first-order chi connectivity index (χ1) is 8.76. The van der Waals surface area contributed by atoms with Gasteiger partial charge in [-0.3, -0.25) is 10.8 Å². The van der Waals surface area contributed by atoms with E-state index in [1.165, 1.54) is 11.5 Å². The molecular formula is C11H15N5OS. The lowest BCUT2D eigenvalue weighted by atomic mass is 10.1. The van der Waals surface area contributed by atoms with E-state index in [1.54, 1.807) is 12.4 Å². The summed E-state index contributed by atoms with van der Waals surface area (Å²) < 4.78 is 9.35. The van der Waals surface area contributed by atoms with Crippen LogP contribution in [0.15, 0.2) is 18.5 Å². The first-order valence-electron chi connectivity index (χ1n) is 5.59. The molecule has 1 unspecified atom stereocenters. The molecule has 0 saturated heterocycles. The fraction of sp³-hybridized carbons (Fsp3) is 0.364. The van der Waals surface area contributed by atoms with E-state index in [1.807, 2.05) is 19.9 Å². The SMILES string of the molecule is CCOc1cncc(C(NN)c2snnc2C)c1. The Bertz CT molecular complexity index is 516. The second-order valence-corrected chi connectivity index (χ2v) is 4.49. The van der Waals surface area contributed by atoms with Gasteiger partial charge in [0.1, 0.15) is 5.75 Å². The molecule has 2 aromatic rings. The highest BCUT2D eigenvalue weighted by molar-refractivity contribution is 7.05. The van der Waals surface area contributed by atoms with Crippen LogP contribution in [0.4, 0.5) is 0 Å². The Labute approximate surface area is 109 Å². The predicted octanol–water partition coefficient (Wildman–Crippen LogP) is 1.19. The summed E-state index contributed by atoms with van der Waals surface area (Å²) in [5.74, 6) is 6.35. The molecule has 0 fully saturated rings. The van der Waals surface area contributed by atoms with Crippen LogP contribution in [0, 0.1) is 6.92 Å². The van der Waals surface area contributed by atoms with Crippen molar-refractivity contribution in [3.63, 3.8) is 0 Å². The summed E-state index contributed by atoms with van der Waals surface area (Å²) in [7, 11) is 0. The van der Waals surface area contributed by atoms with E-state index in [-0.39, 0.29) is 6.04 Å². The average Bonchev–Trinajstić information content (AvgIpc) is 2.78. The molecule has 2 heterocycles. The van der Waals surface area contributed by atoms with Crippen LogP contribution < -0.4 is 16.0 Å². The summed E-state index contributed by atoms with van der Waals surface area (Å²) in [6.45, 7) is 4.44. The van der Waals surface area contributed by atoms with Gasteiger partial charge in [-0.15, -0.1) is 5.10 Å². The third-order valence-corrected chi connectivity index (χ3v) is 3.39. The molecule has 0 aliphatic carbocycles. The van der Waals surface area contributed by atoms with Crippen LogP contribution in [0.25, 0.3) is 0 Å². The van der Waals surface area contributed by atoms with Crippen molar-refractivity contribution >= 4 is 11.5 Å². The number of nitrogens with one attached hydrogen (secondary N) is 1. The third kappa shape index (κ3) is 2.63. The first-order valence-corrected chi connectivity index (χ1v) is 6.36. The van der Waals surface area contributed by atoms with Crippen molar-refractivity contribution in [3.05, 3.63) is 34.6 Å². The molecule has 2 aromatic heterocycles. The van der Waals surface area contributed by atoms with Crippen molar-refractivity contribution < 1.29 is 4.74 Å². The summed E-state index contributed by atoms with van der Waals surface area (Å²) in [6.07, 6.45) is 3.44. The van der Waals surface area contributed by atoms with Gasteiger partial charge in [0.15, 0.2) is 0 Å². The maximum Gasteiger partial charge on any atom is 0.137 e. The summed E-state index contributed by atoms with van der Waals surface area (Å²) >= 11 is 1.32. The number of nitrogens with two attached hydrogens (primary N) is 1. The van der Waals surface area contributed by atoms with E-state index >= 15 is 0 Å². The van der Waals surface area contributed by atoms with Crippen LogP contribution in [0.2, 0.25) is 0 Å². The van der Waals surface area contributed by atoms with Gasteiger partial charge in [0.25, 0.3) is 0 Å². The molecule has 0 aliphatic heterocycles. The van der Waals surface area contributed by atoms with Gasteiger partial charge >= 0.3 is 0 Å². The fourth-order valence-corrected chi connectivity index (χ4v) is 2.40. The summed E-state index contributed by atoms with van der Waals surface area (Å²) in [6, 6.07) is 1.75. The van der Waals surface area contributed by atoms with Crippen LogP contribution in [0.1, 0.15) is 29.1 Å². The smallest absolute Gasteiger partial charge is 0.137 e. The lowest BCUT2D eigenvalue weighted by Crippen LogP contribution is -2.28. The fourth-order valence-electron chi connectivity index (χ4n) is 1.66. The monoisotopic (exact) mass is 265 g/mol. The highest BCUT2D eigenvalue weighted by atomic mass is 32.1. The van der Waals surface area contributed by atoms with Crippen LogP contribution >= 0.6 is 11.5 Å². The molecule has 0 amide bonds. The molecule has 96 valence electrons. The van der Waals surface area contributed by atoms with Gasteiger partial charge in [0, 0.05) is 6.20 Å². The van der Waals surface area contributed by atoms with Crippen molar-refractivity contribution in [2.24, 2.45) is 5.84 Å². The lowest BCUT2D eigenvalue weighted by Gasteiger charge is -2.15. The zero-order valence-electron chi connectivity index (χ0n) is 10.3. The Morgan fingerprint density at radius 3 is 2.94 bits per heavy atom. The van der Waals surface area contributed by atoms with Gasteiger partial charge < -0.3 is 4.74 Å². The molecule has 7 heteroatoms. The van der Waals surface area contributed by atoms with Crippen LogP contribution in [-0.2, 0) is 0 Å². The minimum Gasteiger partial charge on any atom is -0.492 e. The highest BCUT2D eigenvalue weighted by Gasteiger charge is 2.18. The lowest BCUT2D eigenvalue weighted by molar-refractivity contribution is 0.338. The molecule has 3 N–H and O–H groups in total. The molecule has 0 radical (unpaired) electrons. The number of ether oxygens (including phenoxy) is 1. The average molecular weight is 265 g/mol. The number of hydrogen-bond donors (Lipinski definition) is 2. The molecular weight excluding hydrogens is 250 g/mol. The number of nitrogens with zero attached hydrogens (tertiary/aromatic N) is 3. The van der Waals surface area contributed by atoms with E-state index < -0.39 is 0 Å². The van der Waals surface area contributed by atoms with Gasteiger partial charge in [-0.2, -0.15) is 0 Å². The molecule has 0 aliphatic rings. The zero-order valence-corrected chi connectivity index (χ0v) is 11.1. The summed E-state index contributed by atoms with van der Waals surface area (Å²) in [5, 5.41) is 3.99. The van der Waals surface area contributed by atoms with Gasteiger partial charge in [0.05, 0.1) is 29.4 Å². The van der Waals surface area contributed by atoms with Gasteiger partial charge in [-0.25, -0.2) is 5.43 Å². The quantitative estimate of drug-likeness (QED) is 0.624. The highest BCUT2D eigenvalue weighted by Crippen LogP contribution is 2.27. The second-order valence-electron chi connectivity index (χ2n) is 3.71. The van der Waals surface area contributed by atoms with E-state index in [0.29, 0.717) is 6.61 Å². The molecule has 6 nitrogen and oxygen atoms in total. The zero-order chi connectivity index (χ0) is 13.0. The number of hydrogen-bond acceptors (Lipinski definition) is 7. The number of aryl methyl sites for hydroxylation is 1. The summed E-state index contributed by atoms with van der Waals surface area (Å²) in [5.41, 5.74) is 4.56. The molecule has 0 spiro atoms. The van der Waals surface area contributed by atoms with E-state index in [9.17, 15) is 0 Å². The number of pyridine rings is 1. The van der Waals surface area contributed by atoms with Gasteiger partial charge in [-0.1, -0.05) is 4.49 Å². The first kappa shape index (κ1) is 12.9. The van der Waals surface area contributed by atoms with Crippen LogP contribution in [0.3, 0.4) is 0 Å². The van der Waals surface area contributed by atoms with E-state index in [0.717, 1.165) is 21.9 Å². The molecule has 18 heavy (non-hydrogen) atoms. The molecule has 1 atom stereocenters. The van der Waals surface area contributed by atoms with Gasteiger partial charge in [-0.05, 0) is 37.0 Å². The van der Waals surface area contributed by atoms with Crippen LogP contribution in [-0.4, -0.2) is 21.2 Å². The van der Waals surface area contributed by atoms with Crippen molar-refractivity contribution in [2.45, 2.75) is 19.9 Å². The van der Waals surface area contributed by atoms with Crippen molar-refractivity contribution in [2.75, 3.05) is 6.61 Å². The Balaban J connectivity index is 2.33. The maximum atomic E-state index is 5.62.